The Bertz CT molecular complexity index is 472. The molecule has 0 atom stereocenters. The molecule has 0 spiro atoms. The first-order chi connectivity index (χ1) is 7.68. The molecule has 2 rings (SSSR count). The molecule has 0 bridgehead atoms. The van der Waals surface area contributed by atoms with Crippen molar-refractivity contribution in [3.8, 4) is 11.3 Å². The summed E-state index contributed by atoms with van der Waals surface area (Å²) in [6.07, 6.45) is -1.44. The smallest absolute Gasteiger partial charge is 0.300 e. The highest BCUT2D eigenvalue weighted by atomic mass is 19.3. The summed E-state index contributed by atoms with van der Waals surface area (Å²) in [4.78, 5) is 11.0. The van der Waals surface area contributed by atoms with E-state index in [1.165, 1.54) is 18.4 Å². The Balaban J connectivity index is 2.27. The lowest BCUT2D eigenvalue weighted by Crippen LogP contribution is -2.09. The van der Waals surface area contributed by atoms with Gasteiger partial charge in [0.25, 0.3) is 0 Å². The number of halogens is 2. The van der Waals surface area contributed by atoms with Crippen molar-refractivity contribution >= 4 is 5.78 Å². The number of ketones is 1. The predicted octanol–water partition coefficient (Wildman–Crippen LogP) is 3.39. The van der Waals surface area contributed by atoms with Crippen LogP contribution in [-0.4, -0.2) is 12.2 Å². The number of carbonyl (C=O) groups is 1. The SMILES string of the molecule is O=C(c1ccc(-c2ccco2)cc1)C(F)F. The molecule has 0 N–H and O–H groups in total. The lowest BCUT2D eigenvalue weighted by Gasteiger charge is -2.00. The van der Waals surface area contributed by atoms with E-state index in [1.807, 2.05) is 0 Å². The van der Waals surface area contributed by atoms with Gasteiger partial charge in [0.1, 0.15) is 5.76 Å². The third-order valence-electron chi connectivity index (χ3n) is 2.17. The molecule has 0 unspecified atom stereocenters. The maximum absolute atomic E-state index is 12.1. The molecule has 0 amide bonds. The minimum atomic E-state index is -2.96. The van der Waals surface area contributed by atoms with Crippen molar-refractivity contribution in [2.75, 3.05) is 0 Å². The van der Waals surface area contributed by atoms with Crippen molar-refractivity contribution in [1.29, 1.82) is 0 Å². The molecule has 82 valence electrons. The van der Waals surface area contributed by atoms with Crippen molar-refractivity contribution in [3.63, 3.8) is 0 Å². The Kier molecular flexibility index (Phi) is 2.81. The van der Waals surface area contributed by atoms with Gasteiger partial charge < -0.3 is 4.42 Å². The summed E-state index contributed by atoms with van der Waals surface area (Å²) in [6, 6.07) is 9.37. The van der Waals surface area contributed by atoms with Crippen LogP contribution in [0.1, 0.15) is 10.4 Å². The second kappa shape index (κ2) is 4.26. The highest BCUT2D eigenvalue weighted by Gasteiger charge is 2.17. The van der Waals surface area contributed by atoms with Crippen LogP contribution in [0, 0.1) is 0 Å². The topological polar surface area (TPSA) is 30.2 Å². The molecule has 16 heavy (non-hydrogen) atoms. The summed E-state index contributed by atoms with van der Waals surface area (Å²) in [5.41, 5.74) is 0.751. The molecule has 0 aliphatic carbocycles. The van der Waals surface area contributed by atoms with E-state index in [9.17, 15) is 13.6 Å². The lowest BCUT2D eigenvalue weighted by molar-refractivity contribution is 0.0679. The first-order valence-corrected chi connectivity index (χ1v) is 4.65. The number of benzene rings is 1. The minimum Gasteiger partial charge on any atom is -0.464 e. The second-order valence-corrected chi connectivity index (χ2v) is 3.22. The van der Waals surface area contributed by atoms with Gasteiger partial charge in [-0.3, -0.25) is 4.79 Å². The van der Waals surface area contributed by atoms with Gasteiger partial charge in [-0.05, 0) is 12.1 Å². The van der Waals surface area contributed by atoms with E-state index in [-0.39, 0.29) is 5.56 Å². The number of furan rings is 1. The zero-order valence-corrected chi connectivity index (χ0v) is 8.19. The van der Waals surface area contributed by atoms with Crippen molar-refractivity contribution in [2.24, 2.45) is 0 Å². The molecule has 0 radical (unpaired) electrons. The number of rotatable bonds is 3. The Morgan fingerprint density at radius 2 is 1.81 bits per heavy atom. The Hall–Kier alpha value is -1.97. The zero-order valence-electron chi connectivity index (χ0n) is 8.19. The van der Waals surface area contributed by atoms with Crippen molar-refractivity contribution in [1.82, 2.24) is 0 Å². The third kappa shape index (κ3) is 2.00. The fourth-order valence-electron chi connectivity index (χ4n) is 1.37. The summed E-state index contributed by atoms with van der Waals surface area (Å²) in [5.74, 6) is -0.526. The van der Waals surface area contributed by atoms with Gasteiger partial charge >= 0.3 is 6.43 Å². The number of hydrogen-bond donors (Lipinski definition) is 0. The van der Waals surface area contributed by atoms with Gasteiger partial charge in [0.15, 0.2) is 0 Å². The Morgan fingerprint density at radius 3 is 2.31 bits per heavy atom. The fraction of sp³-hybridized carbons (Fsp3) is 0.0833. The fourth-order valence-corrected chi connectivity index (χ4v) is 1.37. The molecule has 1 aromatic carbocycles. The van der Waals surface area contributed by atoms with Gasteiger partial charge in [-0.15, -0.1) is 0 Å². The van der Waals surface area contributed by atoms with E-state index < -0.39 is 12.2 Å². The lowest BCUT2D eigenvalue weighted by atomic mass is 10.1. The van der Waals surface area contributed by atoms with E-state index in [4.69, 9.17) is 4.42 Å². The van der Waals surface area contributed by atoms with Crippen LogP contribution < -0.4 is 0 Å². The highest BCUT2D eigenvalue weighted by Crippen LogP contribution is 2.20. The standard InChI is InChI=1S/C12H8F2O2/c13-12(14)11(15)9-5-3-8(4-6-9)10-2-1-7-16-10/h1-7,12H. The second-order valence-electron chi connectivity index (χ2n) is 3.22. The number of carbonyl (C=O) groups excluding carboxylic acids is 1. The zero-order chi connectivity index (χ0) is 11.5. The average molecular weight is 222 g/mol. The summed E-state index contributed by atoms with van der Waals surface area (Å²) in [6.45, 7) is 0. The number of Topliss-reactive ketones (excluding diaryl/α,β-unsaturated/α-hetero) is 1. The maximum atomic E-state index is 12.1. The van der Waals surface area contributed by atoms with Crippen molar-refractivity contribution in [2.45, 2.75) is 6.43 Å². The quantitative estimate of drug-likeness (QED) is 0.745. The van der Waals surface area contributed by atoms with Crippen LogP contribution in [0.4, 0.5) is 8.78 Å². The molecule has 0 fully saturated rings. The van der Waals surface area contributed by atoms with Crippen LogP contribution >= 0.6 is 0 Å². The number of alkyl halides is 2. The van der Waals surface area contributed by atoms with E-state index >= 15 is 0 Å². The van der Waals surface area contributed by atoms with Crippen LogP contribution in [0.25, 0.3) is 11.3 Å². The molecule has 4 heteroatoms. The van der Waals surface area contributed by atoms with Crippen LogP contribution in [0.5, 0.6) is 0 Å². The Labute approximate surface area is 90.5 Å². The van der Waals surface area contributed by atoms with E-state index in [0.717, 1.165) is 5.56 Å². The highest BCUT2D eigenvalue weighted by molar-refractivity contribution is 5.98. The maximum Gasteiger partial charge on any atom is 0.300 e. The summed E-state index contributed by atoms with van der Waals surface area (Å²) < 4.78 is 29.4. The molecule has 0 aliphatic heterocycles. The van der Waals surface area contributed by atoms with Gasteiger partial charge in [-0.1, -0.05) is 24.3 Å². The molecular formula is C12H8F2O2. The largest absolute Gasteiger partial charge is 0.464 e. The van der Waals surface area contributed by atoms with Crippen LogP contribution in [0.3, 0.4) is 0 Å². The molecule has 0 saturated heterocycles. The normalized spacial score (nSPS) is 10.7. The van der Waals surface area contributed by atoms with Crippen LogP contribution in [-0.2, 0) is 0 Å². The molecule has 0 saturated carbocycles. The number of hydrogen-bond acceptors (Lipinski definition) is 2. The molecule has 2 nitrogen and oxygen atoms in total. The molecule has 1 heterocycles. The third-order valence-corrected chi connectivity index (χ3v) is 2.17. The van der Waals surface area contributed by atoms with Crippen molar-refractivity contribution < 1.29 is 18.0 Å². The first-order valence-electron chi connectivity index (χ1n) is 4.65. The minimum absolute atomic E-state index is 0.00491. The van der Waals surface area contributed by atoms with Gasteiger partial charge in [-0.25, -0.2) is 8.78 Å². The Morgan fingerprint density at radius 1 is 1.12 bits per heavy atom. The molecule has 0 aliphatic rings. The van der Waals surface area contributed by atoms with Crippen LogP contribution in [0.2, 0.25) is 0 Å². The molecule has 2 aromatic rings. The monoisotopic (exact) mass is 222 g/mol. The van der Waals surface area contributed by atoms with Crippen LogP contribution in [0.15, 0.2) is 47.1 Å². The van der Waals surface area contributed by atoms with Gasteiger partial charge in [0, 0.05) is 11.1 Å². The van der Waals surface area contributed by atoms with Gasteiger partial charge in [0.05, 0.1) is 6.26 Å². The van der Waals surface area contributed by atoms with E-state index in [0.29, 0.717) is 5.76 Å². The molecular weight excluding hydrogens is 214 g/mol. The van der Waals surface area contributed by atoms with E-state index in [2.05, 4.69) is 0 Å². The summed E-state index contributed by atoms with van der Waals surface area (Å²) >= 11 is 0. The van der Waals surface area contributed by atoms with E-state index in [1.54, 1.807) is 24.3 Å². The molecule has 1 aromatic heterocycles. The summed E-state index contributed by atoms with van der Waals surface area (Å²) in [5, 5.41) is 0. The van der Waals surface area contributed by atoms with Gasteiger partial charge in [-0.2, -0.15) is 0 Å². The van der Waals surface area contributed by atoms with Crippen molar-refractivity contribution in [3.05, 3.63) is 48.2 Å². The average Bonchev–Trinajstić information content (AvgIpc) is 2.81. The predicted molar refractivity (Wildman–Crippen MR) is 54.5 cm³/mol. The summed E-state index contributed by atoms with van der Waals surface area (Å²) in [7, 11) is 0. The van der Waals surface area contributed by atoms with Gasteiger partial charge in [0.2, 0.25) is 5.78 Å². The first kappa shape index (κ1) is 10.5.